The largest absolute Gasteiger partial charge is 0.378 e. The Labute approximate surface area is 126 Å². The van der Waals surface area contributed by atoms with Crippen LogP contribution in [0, 0.1) is 25.5 Å². The molecule has 0 bridgehead atoms. The van der Waals surface area contributed by atoms with Gasteiger partial charge in [0.05, 0.1) is 6.04 Å². The smallest absolute Gasteiger partial charge is 0.128 e. The summed E-state index contributed by atoms with van der Waals surface area (Å²) in [4.78, 5) is 0. The number of halogens is 3. The molecule has 0 saturated carbocycles. The number of hydrogen-bond donors (Lipinski definition) is 1. The summed E-state index contributed by atoms with van der Waals surface area (Å²) in [6.07, 6.45) is 0. The van der Waals surface area contributed by atoms with Crippen molar-refractivity contribution in [2.24, 2.45) is 0 Å². The van der Waals surface area contributed by atoms with Crippen molar-refractivity contribution in [2.45, 2.75) is 26.8 Å². The van der Waals surface area contributed by atoms with Crippen molar-refractivity contribution in [3.05, 3.63) is 63.1 Å². The van der Waals surface area contributed by atoms with Crippen molar-refractivity contribution < 1.29 is 8.78 Å². The monoisotopic (exact) mass is 339 g/mol. The number of aryl methyl sites for hydroxylation is 2. The highest BCUT2D eigenvalue weighted by atomic mass is 79.9. The molecule has 2 aromatic carbocycles. The molecular formula is C16H16BrF2N. The van der Waals surface area contributed by atoms with Gasteiger partial charge in [-0.25, -0.2) is 8.78 Å². The molecule has 1 nitrogen and oxygen atoms in total. The van der Waals surface area contributed by atoms with Crippen molar-refractivity contribution >= 4 is 21.6 Å². The Balaban J connectivity index is 2.30. The van der Waals surface area contributed by atoms with Gasteiger partial charge in [0.1, 0.15) is 11.6 Å². The SMILES string of the molecule is Cc1cc(F)c(C(C)Nc2cc(Br)ccc2C)cc1F. The normalized spacial score (nSPS) is 12.3. The molecule has 0 aliphatic carbocycles. The minimum Gasteiger partial charge on any atom is -0.378 e. The van der Waals surface area contributed by atoms with Crippen molar-refractivity contribution in [2.75, 3.05) is 5.32 Å². The van der Waals surface area contributed by atoms with E-state index in [2.05, 4.69) is 21.2 Å². The van der Waals surface area contributed by atoms with Crippen molar-refractivity contribution in [1.82, 2.24) is 0 Å². The van der Waals surface area contributed by atoms with Gasteiger partial charge in [-0.3, -0.25) is 0 Å². The van der Waals surface area contributed by atoms with E-state index >= 15 is 0 Å². The molecule has 1 unspecified atom stereocenters. The van der Waals surface area contributed by atoms with Gasteiger partial charge >= 0.3 is 0 Å². The second-order valence-electron chi connectivity index (χ2n) is 4.95. The van der Waals surface area contributed by atoms with Crippen molar-refractivity contribution in [1.29, 1.82) is 0 Å². The van der Waals surface area contributed by atoms with E-state index in [-0.39, 0.29) is 11.9 Å². The third-order valence-electron chi connectivity index (χ3n) is 3.32. The Morgan fingerprint density at radius 3 is 2.40 bits per heavy atom. The van der Waals surface area contributed by atoms with Crippen LogP contribution in [0.15, 0.2) is 34.8 Å². The van der Waals surface area contributed by atoms with E-state index in [1.165, 1.54) is 12.1 Å². The molecule has 20 heavy (non-hydrogen) atoms. The molecule has 1 N–H and O–H groups in total. The van der Waals surface area contributed by atoms with Crippen LogP contribution >= 0.6 is 15.9 Å². The van der Waals surface area contributed by atoms with Gasteiger partial charge in [-0.15, -0.1) is 0 Å². The van der Waals surface area contributed by atoms with E-state index in [0.717, 1.165) is 15.7 Å². The van der Waals surface area contributed by atoms with Gasteiger partial charge in [-0.05, 0) is 56.2 Å². The van der Waals surface area contributed by atoms with E-state index in [4.69, 9.17) is 0 Å². The van der Waals surface area contributed by atoms with E-state index < -0.39 is 5.82 Å². The fourth-order valence-corrected chi connectivity index (χ4v) is 2.42. The summed E-state index contributed by atoms with van der Waals surface area (Å²) in [6.45, 7) is 5.33. The van der Waals surface area contributed by atoms with Crippen molar-refractivity contribution in [3.8, 4) is 0 Å². The van der Waals surface area contributed by atoms with Gasteiger partial charge in [0, 0.05) is 15.7 Å². The molecule has 0 radical (unpaired) electrons. The van der Waals surface area contributed by atoms with E-state index in [1.807, 2.05) is 32.0 Å². The van der Waals surface area contributed by atoms with Gasteiger partial charge in [0.25, 0.3) is 0 Å². The molecule has 1 atom stereocenters. The summed E-state index contributed by atoms with van der Waals surface area (Å²) < 4.78 is 28.5. The Morgan fingerprint density at radius 1 is 1.00 bits per heavy atom. The fourth-order valence-electron chi connectivity index (χ4n) is 2.05. The van der Waals surface area contributed by atoms with Crippen molar-refractivity contribution in [3.63, 3.8) is 0 Å². The van der Waals surface area contributed by atoms with E-state index in [0.29, 0.717) is 11.1 Å². The van der Waals surface area contributed by atoms with E-state index in [1.54, 1.807) is 6.92 Å². The number of anilines is 1. The minimum atomic E-state index is -0.392. The molecule has 0 aromatic heterocycles. The van der Waals surface area contributed by atoms with Gasteiger partial charge in [0.2, 0.25) is 0 Å². The first-order valence-electron chi connectivity index (χ1n) is 6.36. The highest BCUT2D eigenvalue weighted by Crippen LogP contribution is 2.27. The van der Waals surface area contributed by atoms with Gasteiger partial charge in [-0.2, -0.15) is 0 Å². The second kappa shape index (κ2) is 5.92. The van der Waals surface area contributed by atoms with Gasteiger partial charge < -0.3 is 5.32 Å². The zero-order valence-corrected chi connectivity index (χ0v) is 13.2. The molecule has 0 saturated heterocycles. The maximum Gasteiger partial charge on any atom is 0.128 e. The fraction of sp³-hybridized carbons (Fsp3) is 0.250. The van der Waals surface area contributed by atoms with Crippen LogP contribution in [0.3, 0.4) is 0 Å². The molecule has 0 spiro atoms. The van der Waals surface area contributed by atoms with Crippen LogP contribution in [-0.4, -0.2) is 0 Å². The summed E-state index contributed by atoms with van der Waals surface area (Å²) >= 11 is 3.40. The van der Waals surface area contributed by atoms with E-state index in [9.17, 15) is 8.78 Å². The maximum absolute atomic E-state index is 13.9. The molecule has 0 heterocycles. The molecule has 0 aliphatic rings. The quantitative estimate of drug-likeness (QED) is 0.776. The minimum absolute atomic E-state index is 0.317. The lowest BCUT2D eigenvalue weighted by Crippen LogP contribution is -2.10. The predicted octanol–water partition coefficient (Wildman–Crippen LogP) is 5.52. The summed E-state index contributed by atoms with van der Waals surface area (Å²) in [5.41, 5.74) is 2.59. The van der Waals surface area contributed by atoms with Crippen LogP contribution < -0.4 is 5.32 Å². The average molecular weight is 340 g/mol. The molecule has 4 heteroatoms. The first-order chi connectivity index (χ1) is 9.38. The lowest BCUT2D eigenvalue weighted by Gasteiger charge is -2.19. The number of hydrogen-bond acceptors (Lipinski definition) is 1. The molecule has 0 amide bonds. The van der Waals surface area contributed by atoms with Crippen LogP contribution in [0.2, 0.25) is 0 Å². The number of nitrogens with one attached hydrogen (secondary N) is 1. The summed E-state index contributed by atoms with van der Waals surface area (Å²) in [6, 6.07) is 8.00. The average Bonchev–Trinajstić information content (AvgIpc) is 2.38. The Morgan fingerprint density at radius 2 is 1.70 bits per heavy atom. The third-order valence-corrected chi connectivity index (χ3v) is 3.81. The van der Waals surface area contributed by atoms with Crippen LogP contribution in [0.1, 0.15) is 29.7 Å². The Hall–Kier alpha value is -1.42. The van der Waals surface area contributed by atoms with Crippen LogP contribution in [0.25, 0.3) is 0 Å². The lowest BCUT2D eigenvalue weighted by atomic mass is 10.0. The first-order valence-corrected chi connectivity index (χ1v) is 7.16. The zero-order valence-electron chi connectivity index (χ0n) is 11.6. The summed E-state index contributed by atoms with van der Waals surface area (Å²) in [5.74, 6) is -0.780. The molecular weight excluding hydrogens is 324 g/mol. The third kappa shape index (κ3) is 3.18. The standard InChI is InChI=1S/C16H16BrF2N/c1-9-4-5-12(17)7-16(9)20-11(3)13-8-14(18)10(2)6-15(13)19/h4-8,11,20H,1-3H3. The topological polar surface area (TPSA) is 12.0 Å². The molecule has 2 aromatic rings. The highest BCUT2D eigenvalue weighted by molar-refractivity contribution is 9.10. The summed E-state index contributed by atoms with van der Waals surface area (Å²) in [7, 11) is 0. The summed E-state index contributed by atoms with van der Waals surface area (Å²) in [5, 5.41) is 3.22. The maximum atomic E-state index is 13.9. The van der Waals surface area contributed by atoms with Gasteiger partial charge in [-0.1, -0.05) is 22.0 Å². The van der Waals surface area contributed by atoms with Gasteiger partial charge in [0.15, 0.2) is 0 Å². The zero-order chi connectivity index (χ0) is 14.9. The Kier molecular flexibility index (Phi) is 4.43. The molecule has 0 fully saturated rings. The Bertz CT molecular complexity index is 641. The predicted molar refractivity (Wildman–Crippen MR) is 82.0 cm³/mol. The second-order valence-corrected chi connectivity index (χ2v) is 5.86. The lowest BCUT2D eigenvalue weighted by molar-refractivity contribution is 0.571. The van der Waals surface area contributed by atoms with Crippen LogP contribution in [0.4, 0.5) is 14.5 Å². The highest BCUT2D eigenvalue weighted by Gasteiger charge is 2.14. The first kappa shape index (κ1) is 15.0. The molecule has 2 rings (SSSR count). The van der Waals surface area contributed by atoms with Crippen LogP contribution in [0.5, 0.6) is 0 Å². The number of rotatable bonds is 3. The number of benzene rings is 2. The van der Waals surface area contributed by atoms with Crippen LogP contribution in [-0.2, 0) is 0 Å². The molecule has 0 aliphatic heterocycles. The molecule has 106 valence electrons.